The van der Waals surface area contributed by atoms with E-state index in [4.69, 9.17) is 21.1 Å². The van der Waals surface area contributed by atoms with Crippen LogP contribution in [0.5, 0.6) is 11.5 Å². The topological polar surface area (TPSA) is 51.7 Å². The molecule has 7 heteroatoms. The van der Waals surface area contributed by atoms with Crippen molar-refractivity contribution in [1.82, 2.24) is 9.88 Å². The maximum atomic E-state index is 13.3. The van der Waals surface area contributed by atoms with E-state index in [0.29, 0.717) is 28.9 Å². The van der Waals surface area contributed by atoms with Crippen molar-refractivity contribution in [2.24, 2.45) is 0 Å². The summed E-state index contributed by atoms with van der Waals surface area (Å²) in [5.74, 6) is 1.37. The number of hydrogen-bond donors (Lipinski definition) is 0. The van der Waals surface area contributed by atoms with E-state index in [2.05, 4.69) is 11.1 Å². The Hall–Kier alpha value is -3.09. The number of amides is 1. The lowest BCUT2D eigenvalue weighted by molar-refractivity contribution is 0.0735. The molecule has 0 saturated carbocycles. The first-order valence-electron chi connectivity index (χ1n) is 9.84. The molecule has 0 radical (unpaired) electrons. The van der Waals surface area contributed by atoms with Crippen LogP contribution in [0.4, 0.5) is 0 Å². The van der Waals surface area contributed by atoms with Crippen molar-refractivity contribution >= 4 is 39.7 Å². The van der Waals surface area contributed by atoms with Crippen molar-refractivity contribution in [3.8, 4) is 11.5 Å². The monoisotopic (exact) mass is 450 g/mol. The number of fused-ring (bicyclic) bond motifs is 2. The molecule has 1 aliphatic rings. The minimum atomic E-state index is -0.0481. The van der Waals surface area contributed by atoms with Crippen molar-refractivity contribution in [2.45, 2.75) is 20.0 Å². The number of carbonyl (C=O) groups excluding carboxylic acids is 1. The second kappa shape index (κ2) is 8.21. The van der Waals surface area contributed by atoms with E-state index in [9.17, 15) is 4.79 Å². The van der Waals surface area contributed by atoms with Gasteiger partial charge in [0, 0.05) is 24.0 Å². The molecule has 1 amide bonds. The third-order valence-corrected chi connectivity index (χ3v) is 6.37. The van der Waals surface area contributed by atoms with Crippen molar-refractivity contribution in [3.05, 3.63) is 86.7 Å². The summed E-state index contributed by atoms with van der Waals surface area (Å²) in [6.45, 7) is 3.02. The number of hydrogen-bond acceptors (Lipinski definition) is 5. The molecule has 156 valence electrons. The largest absolute Gasteiger partial charge is 0.454 e. The summed E-state index contributed by atoms with van der Waals surface area (Å²) in [6.07, 6.45) is 0. The Morgan fingerprint density at radius 2 is 1.97 bits per heavy atom. The van der Waals surface area contributed by atoms with Gasteiger partial charge in [0.05, 0.1) is 10.4 Å². The summed E-state index contributed by atoms with van der Waals surface area (Å²) in [5, 5.41) is 3.32. The number of halogens is 1. The van der Waals surface area contributed by atoms with E-state index in [1.165, 1.54) is 11.3 Å². The fourth-order valence-electron chi connectivity index (χ4n) is 3.65. The van der Waals surface area contributed by atoms with Crippen LogP contribution in [0.3, 0.4) is 0 Å². The van der Waals surface area contributed by atoms with Gasteiger partial charge in [0.1, 0.15) is 5.15 Å². The zero-order chi connectivity index (χ0) is 21.4. The zero-order valence-electron chi connectivity index (χ0n) is 16.8. The molecule has 0 N–H and O–H groups in total. The van der Waals surface area contributed by atoms with Gasteiger partial charge in [-0.1, -0.05) is 35.4 Å². The first-order valence-corrected chi connectivity index (χ1v) is 11.1. The Morgan fingerprint density at radius 1 is 1.10 bits per heavy atom. The van der Waals surface area contributed by atoms with E-state index < -0.39 is 0 Å². The number of aryl methyl sites for hydroxylation is 1. The fourth-order valence-corrected chi connectivity index (χ4v) is 4.54. The Kier molecular flexibility index (Phi) is 5.26. The quantitative estimate of drug-likeness (QED) is 0.359. The molecule has 0 fully saturated rings. The minimum Gasteiger partial charge on any atom is -0.454 e. The van der Waals surface area contributed by atoms with Gasteiger partial charge in [-0.05, 0) is 54.3 Å². The van der Waals surface area contributed by atoms with Gasteiger partial charge in [-0.3, -0.25) is 4.79 Å². The van der Waals surface area contributed by atoms with Crippen LogP contribution in [-0.4, -0.2) is 22.6 Å². The van der Waals surface area contributed by atoms with Crippen LogP contribution in [0.2, 0.25) is 5.15 Å². The molecule has 0 aliphatic carbocycles. The number of pyridine rings is 1. The Morgan fingerprint density at radius 3 is 2.81 bits per heavy atom. The number of nitrogens with zero attached hydrogens (tertiary/aromatic N) is 2. The molecular weight excluding hydrogens is 432 g/mol. The van der Waals surface area contributed by atoms with Crippen LogP contribution >= 0.6 is 22.9 Å². The standard InChI is InChI=1S/C24H19ClN2O3S/c1-15-4-6-19-17(9-15)11-18(23(25)26-19)13-27(24(28)22-3-2-8-31-22)12-16-5-7-20-21(10-16)30-14-29-20/h2-11H,12-14H2,1H3. The molecule has 0 unspecified atom stereocenters. The molecule has 4 aromatic rings. The highest BCUT2D eigenvalue weighted by molar-refractivity contribution is 7.12. The summed E-state index contributed by atoms with van der Waals surface area (Å²) in [6, 6.07) is 17.5. The molecule has 1 aliphatic heterocycles. The lowest BCUT2D eigenvalue weighted by Gasteiger charge is -2.23. The minimum absolute atomic E-state index is 0.0481. The molecule has 0 spiro atoms. The van der Waals surface area contributed by atoms with Crippen LogP contribution in [-0.2, 0) is 13.1 Å². The number of benzene rings is 2. The molecule has 3 heterocycles. The van der Waals surface area contributed by atoms with Crippen molar-refractivity contribution < 1.29 is 14.3 Å². The predicted octanol–water partition coefficient (Wildman–Crippen LogP) is 5.83. The lowest BCUT2D eigenvalue weighted by Crippen LogP contribution is -2.29. The molecule has 2 aromatic heterocycles. The van der Waals surface area contributed by atoms with Gasteiger partial charge in [0.2, 0.25) is 6.79 Å². The van der Waals surface area contributed by atoms with E-state index in [1.54, 1.807) is 4.90 Å². The smallest absolute Gasteiger partial charge is 0.264 e. The highest BCUT2D eigenvalue weighted by Crippen LogP contribution is 2.33. The van der Waals surface area contributed by atoms with E-state index in [-0.39, 0.29) is 12.7 Å². The van der Waals surface area contributed by atoms with Gasteiger partial charge in [-0.15, -0.1) is 11.3 Å². The third-order valence-electron chi connectivity index (χ3n) is 5.19. The molecule has 5 nitrogen and oxygen atoms in total. The van der Waals surface area contributed by atoms with Gasteiger partial charge < -0.3 is 14.4 Å². The number of carbonyl (C=O) groups is 1. The Labute approximate surface area is 188 Å². The van der Waals surface area contributed by atoms with Gasteiger partial charge in [0.25, 0.3) is 5.91 Å². The number of rotatable bonds is 5. The van der Waals surface area contributed by atoms with Crippen LogP contribution in [0, 0.1) is 6.92 Å². The molecular formula is C24H19ClN2O3S. The summed E-state index contributed by atoms with van der Waals surface area (Å²) < 4.78 is 10.9. The summed E-state index contributed by atoms with van der Waals surface area (Å²) in [4.78, 5) is 20.3. The van der Waals surface area contributed by atoms with Crippen LogP contribution in [0.15, 0.2) is 60.0 Å². The maximum absolute atomic E-state index is 13.3. The van der Waals surface area contributed by atoms with Crippen molar-refractivity contribution in [3.63, 3.8) is 0 Å². The highest BCUT2D eigenvalue weighted by atomic mass is 35.5. The third kappa shape index (κ3) is 4.09. The predicted molar refractivity (Wildman–Crippen MR) is 122 cm³/mol. The van der Waals surface area contributed by atoms with E-state index >= 15 is 0 Å². The van der Waals surface area contributed by atoms with Gasteiger partial charge in [-0.2, -0.15) is 0 Å². The summed E-state index contributed by atoms with van der Waals surface area (Å²) >= 11 is 7.94. The van der Waals surface area contributed by atoms with Crippen molar-refractivity contribution in [1.29, 1.82) is 0 Å². The number of ether oxygens (including phenoxy) is 2. The summed E-state index contributed by atoms with van der Waals surface area (Å²) in [5.41, 5.74) is 3.75. The number of thiophene rings is 1. The molecule has 0 bridgehead atoms. The first-order chi connectivity index (χ1) is 15.1. The second-order valence-corrected chi connectivity index (χ2v) is 8.77. The second-order valence-electron chi connectivity index (χ2n) is 7.46. The van der Waals surface area contributed by atoms with Crippen molar-refractivity contribution in [2.75, 3.05) is 6.79 Å². The summed E-state index contributed by atoms with van der Waals surface area (Å²) in [7, 11) is 0. The molecule has 0 atom stereocenters. The molecule has 0 saturated heterocycles. The lowest BCUT2D eigenvalue weighted by atomic mass is 10.1. The molecule has 5 rings (SSSR count). The molecule has 2 aromatic carbocycles. The van der Waals surface area contributed by atoms with E-state index in [1.807, 2.05) is 60.8 Å². The average molecular weight is 451 g/mol. The van der Waals surface area contributed by atoms with Crippen LogP contribution in [0.25, 0.3) is 10.9 Å². The SMILES string of the molecule is Cc1ccc2nc(Cl)c(CN(Cc3ccc4c(c3)OCO4)C(=O)c3cccs3)cc2c1. The normalized spacial score (nSPS) is 12.3. The van der Waals surface area contributed by atoms with Crippen LogP contribution in [0.1, 0.15) is 26.4 Å². The van der Waals surface area contributed by atoms with Gasteiger partial charge in [-0.25, -0.2) is 4.98 Å². The zero-order valence-corrected chi connectivity index (χ0v) is 18.4. The van der Waals surface area contributed by atoms with E-state index in [0.717, 1.165) is 33.3 Å². The number of aromatic nitrogens is 1. The van der Waals surface area contributed by atoms with Gasteiger partial charge >= 0.3 is 0 Å². The maximum Gasteiger partial charge on any atom is 0.264 e. The Balaban J connectivity index is 1.49. The Bertz CT molecular complexity index is 1270. The average Bonchev–Trinajstić information content (AvgIpc) is 3.45. The first kappa shape index (κ1) is 19.8. The fraction of sp³-hybridized carbons (Fsp3) is 0.167. The highest BCUT2D eigenvalue weighted by Gasteiger charge is 2.21. The van der Waals surface area contributed by atoms with Gasteiger partial charge in [0.15, 0.2) is 11.5 Å². The molecule has 31 heavy (non-hydrogen) atoms. The van der Waals surface area contributed by atoms with Crippen LogP contribution < -0.4 is 9.47 Å².